The highest BCUT2D eigenvalue weighted by Gasteiger charge is 2.26. The Bertz CT molecular complexity index is 462. The van der Waals surface area contributed by atoms with Crippen LogP contribution in [0, 0.1) is 6.92 Å². The Morgan fingerprint density at radius 2 is 2.25 bits per heavy atom. The van der Waals surface area contributed by atoms with E-state index in [2.05, 4.69) is 36.1 Å². The minimum atomic E-state index is -0.156. The largest absolute Gasteiger partial charge is 0.469 e. The SMILES string of the molecule is COC(=O)CCN1CC(N)CC(c2cccc(C)c2)C1. The zero-order chi connectivity index (χ0) is 14.5. The molecule has 0 amide bonds. The van der Waals surface area contributed by atoms with Gasteiger partial charge in [-0.1, -0.05) is 29.8 Å². The number of methoxy groups -OCH3 is 1. The van der Waals surface area contributed by atoms with Gasteiger partial charge in [-0.15, -0.1) is 0 Å². The molecule has 4 heteroatoms. The summed E-state index contributed by atoms with van der Waals surface area (Å²) in [5, 5.41) is 0. The molecule has 1 heterocycles. The van der Waals surface area contributed by atoms with E-state index >= 15 is 0 Å². The molecule has 4 nitrogen and oxygen atoms in total. The molecule has 1 aromatic rings. The van der Waals surface area contributed by atoms with E-state index in [0.717, 1.165) is 26.1 Å². The highest BCUT2D eigenvalue weighted by molar-refractivity contribution is 5.69. The van der Waals surface area contributed by atoms with Crippen LogP contribution in [0.1, 0.15) is 29.9 Å². The van der Waals surface area contributed by atoms with Gasteiger partial charge in [0.25, 0.3) is 0 Å². The molecular weight excluding hydrogens is 252 g/mol. The van der Waals surface area contributed by atoms with Gasteiger partial charge in [-0.25, -0.2) is 0 Å². The lowest BCUT2D eigenvalue weighted by atomic mass is 9.87. The van der Waals surface area contributed by atoms with E-state index in [4.69, 9.17) is 10.5 Å². The summed E-state index contributed by atoms with van der Waals surface area (Å²) >= 11 is 0. The molecule has 0 aromatic heterocycles. The molecule has 0 spiro atoms. The topological polar surface area (TPSA) is 55.6 Å². The molecule has 0 bridgehead atoms. The number of piperidine rings is 1. The van der Waals surface area contributed by atoms with Crippen molar-refractivity contribution in [3.8, 4) is 0 Å². The van der Waals surface area contributed by atoms with Gasteiger partial charge in [0.15, 0.2) is 0 Å². The molecule has 2 atom stereocenters. The number of aryl methyl sites for hydroxylation is 1. The summed E-state index contributed by atoms with van der Waals surface area (Å²) in [6.45, 7) is 4.66. The summed E-state index contributed by atoms with van der Waals surface area (Å²) in [6.07, 6.45) is 1.45. The smallest absolute Gasteiger partial charge is 0.306 e. The Kier molecular flexibility index (Phi) is 5.15. The molecule has 1 fully saturated rings. The van der Waals surface area contributed by atoms with Crippen molar-refractivity contribution in [2.24, 2.45) is 5.73 Å². The van der Waals surface area contributed by atoms with Crippen LogP contribution in [0.2, 0.25) is 0 Å². The number of esters is 1. The normalized spacial score (nSPS) is 23.6. The zero-order valence-electron chi connectivity index (χ0n) is 12.3. The average Bonchev–Trinajstić information content (AvgIpc) is 2.44. The monoisotopic (exact) mass is 276 g/mol. The maximum Gasteiger partial charge on any atom is 0.306 e. The van der Waals surface area contributed by atoms with Gasteiger partial charge in [0.2, 0.25) is 0 Å². The summed E-state index contributed by atoms with van der Waals surface area (Å²) in [4.78, 5) is 13.5. The van der Waals surface area contributed by atoms with Crippen LogP contribution in [0.4, 0.5) is 0 Å². The van der Waals surface area contributed by atoms with Gasteiger partial charge in [-0.05, 0) is 24.8 Å². The Morgan fingerprint density at radius 3 is 2.95 bits per heavy atom. The lowest BCUT2D eigenvalue weighted by Gasteiger charge is -2.36. The van der Waals surface area contributed by atoms with Gasteiger partial charge in [0, 0.05) is 25.7 Å². The number of hydrogen-bond donors (Lipinski definition) is 1. The van der Waals surface area contributed by atoms with Gasteiger partial charge in [-0.3, -0.25) is 4.79 Å². The fourth-order valence-electron chi connectivity index (χ4n) is 2.93. The molecule has 0 aliphatic carbocycles. The first-order valence-corrected chi connectivity index (χ1v) is 7.20. The number of carbonyl (C=O) groups excluding carboxylic acids is 1. The lowest BCUT2D eigenvalue weighted by molar-refractivity contribution is -0.141. The zero-order valence-corrected chi connectivity index (χ0v) is 12.3. The maximum atomic E-state index is 11.3. The van der Waals surface area contributed by atoms with E-state index in [1.165, 1.54) is 18.2 Å². The predicted octanol–water partition coefficient (Wildman–Crippen LogP) is 1.67. The molecule has 0 saturated carbocycles. The summed E-state index contributed by atoms with van der Waals surface area (Å²) in [5.74, 6) is 0.299. The van der Waals surface area contributed by atoms with Gasteiger partial charge >= 0.3 is 5.97 Å². The fourth-order valence-corrected chi connectivity index (χ4v) is 2.93. The lowest BCUT2D eigenvalue weighted by Crippen LogP contribution is -2.46. The average molecular weight is 276 g/mol. The Balaban J connectivity index is 1.99. The molecule has 110 valence electrons. The molecule has 2 unspecified atom stereocenters. The van der Waals surface area contributed by atoms with Crippen molar-refractivity contribution in [3.63, 3.8) is 0 Å². The van der Waals surface area contributed by atoms with Crippen molar-refractivity contribution < 1.29 is 9.53 Å². The summed E-state index contributed by atoms with van der Waals surface area (Å²) in [5.41, 5.74) is 8.80. The third-order valence-corrected chi connectivity index (χ3v) is 3.93. The number of rotatable bonds is 4. The summed E-state index contributed by atoms with van der Waals surface area (Å²) in [6, 6.07) is 8.80. The quantitative estimate of drug-likeness (QED) is 0.850. The van der Waals surface area contributed by atoms with Crippen LogP contribution in [0.15, 0.2) is 24.3 Å². The minimum Gasteiger partial charge on any atom is -0.469 e. The van der Waals surface area contributed by atoms with Crippen LogP contribution in [-0.4, -0.2) is 43.7 Å². The van der Waals surface area contributed by atoms with Gasteiger partial charge in [-0.2, -0.15) is 0 Å². The number of hydrogen-bond acceptors (Lipinski definition) is 4. The van der Waals surface area contributed by atoms with E-state index < -0.39 is 0 Å². The summed E-state index contributed by atoms with van der Waals surface area (Å²) < 4.78 is 4.70. The number of carbonyl (C=O) groups is 1. The molecule has 2 N–H and O–H groups in total. The first-order valence-electron chi connectivity index (χ1n) is 7.20. The van der Waals surface area contributed by atoms with Crippen molar-refractivity contribution in [2.45, 2.75) is 31.7 Å². The molecule has 0 radical (unpaired) electrons. The van der Waals surface area contributed by atoms with Gasteiger partial charge < -0.3 is 15.4 Å². The van der Waals surface area contributed by atoms with E-state index in [0.29, 0.717) is 12.3 Å². The van der Waals surface area contributed by atoms with Crippen LogP contribution in [0.3, 0.4) is 0 Å². The Labute approximate surface area is 120 Å². The molecule has 1 aliphatic rings. The van der Waals surface area contributed by atoms with Crippen molar-refractivity contribution in [1.82, 2.24) is 4.90 Å². The second kappa shape index (κ2) is 6.86. The number of nitrogens with zero attached hydrogens (tertiary/aromatic N) is 1. The van der Waals surface area contributed by atoms with Crippen molar-refractivity contribution in [3.05, 3.63) is 35.4 Å². The van der Waals surface area contributed by atoms with Crippen molar-refractivity contribution >= 4 is 5.97 Å². The van der Waals surface area contributed by atoms with Crippen molar-refractivity contribution in [2.75, 3.05) is 26.7 Å². The number of ether oxygens (including phenoxy) is 1. The van der Waals surface area contributed by atoms with Crippen LogP contribution >= 0.6 is 0 Å². The number of likely N-dealkylation sites (tertiary alicyclic amines) is 1. The van der Waals surface area contributed by atoms with E-state index in [1.807, 2.05) is 0 Å². The summed E-state index contributed by atoms with van der Waals surface area (Å²) in [7, 11) is 1.43. The third-order valence-electron chi connectivity index (χ3n) is 3.93. The molecular formula is C16H24N2O2. The predicted molar refractivity (Wildman–Crippen MR) is 79.6 cm³/mol. The highest BCUT2D eigenvalue weighted by Crippen LogP contribution is 2.27. The van der Waals surface area contributed by atoms with E-state index in [9.17, 15) is 4.79 Å². The third kappa shape index (κ3) is 4.05. The first kappa shape index (κ1) is 15.0. The van der Waals surface area contributed by atoms with Gasteiger partial charge in [0.1, 0.15) is 0 Å². The van der Waals surface area contributed by atoms with Crippen molar-refractivity contribution in [1.29, 1.82) is 0 Å². The first-order chi connectivity index (χ1) is 9.58. The molecule has 1 aliphatic heterocycles. The van der Waals surface area contributed by atoms with Gasteiger partial charge in [0.05, 0.1) is 13.5 Å². The number of benzene rings is 1. The Morgan fingerprint density at radius 1 is 1.45 bits per heavy atom. The molecule has 20 heavy (non-hydrogen) atoms. The van der Waals surface area contributed by atoms with Crippen LogP contribution in [0.25, 0.3) is 0 Å². The van der Waals surface area contributed by atoms with Crippen LogP contribution < -0.4 is 5.73 Å². The minimum absolute atomic E-state index is 0.156. The molecule has 1 saturated heterocycles. The standard InChI is InChI=1S/C16H24N2O2/c1-12-4-3-5-13(8-12)14-9-15(17)11-18(10-14)7-6-16(19)20-2/h3-5,8,14-15H,6-7,9-11,17H2,1-2H3. The molecule has 1 aromatic carbocycles. The number of nitrogens with two attached hydrogens (primary N) is 1. The highest BCUT2D eigenvalue weighted by atomic mass is 16.5. The fraction of sp³-hybridized carbons (Fsp3) is 0.562. The van der Waals surface area contributed by atoms with E-state index in [-0.39, 0.29) is 12.0 Å². The van der Waals surface area contributed by atoms with Crippen LogP contribution in [0.5, 0.6) is 0 Å². The second-order valence-electron chi connectivity index (χ2n) is 5.69. The Hall–Kier alpha value is -1.39. The second-order valence-corrected chi connectivity index (χ2v) is 5.69. The maximum absolute atomic E-state index is 11.3. The van der Waals surface area contributed by atoms with Crippen LogP contribution in [-0.2, 0) is 9.53 Å². The molecule has 2 rings (SSSR count). The van der Waals surface area contributed by atoms with E-state index in [1.54, 1.807) is 0 Å².